The zero-order chi connectivity index (χ0) is 16.2. The van der Waals surface area contributed by atoms with Crippen molar-refractivity contribution in [3.8, 4) is 11.5 Å². The number of ether oxygens (including phenoxy) is 2. The Bertz CT molecular complexity index is 523. The molecular formula is C18H28N2O3. The van der Waals surface area contributed by atoms with Crippen LogP contribution in [-0.2, 0) is 0 Å². The fourth-order valence-electron chi connectivity index (χ4n) is 3.90. The van der Waals surface area contributed by atoms with Crippen LogP contribution in [0.2, 0.25) is 0 Å². The molecule has 0 saturated carbocycles. The summed E-state index contributed by atoms with van der Waals surface area (Å²) in [6.45, 7) is 2.99. The highest BCUT2D eigenvalue weighted by molar-refractivity contribution is 5.41. The predicted molar refractivity (Wildman–Crippen MR) is 90.1 cm³/mol. The monoisotopic (exact) mass is 320 g/mol. The van der Waals surface area contributed by atoms with E-state index >= 15 is 0 Å². The van der Waals surface area contributed by atoms with Crippen LogP contribution in [0.4, 0.5) is 0 Å². The summed E-state index contributed by atoms with van der Waals surface area (Å²) in [5, 5.41) is 14.1. The van der Waals surface area contributed by atoms with Gasteiger partial charge in [-0.15, -0.1) is 0 Å². The second-order valence-electron chi connectivity index (χ2n) is 6.59. The predicted octanol–water partition coefficient (Wildman–Crippen LogP) is 1.95. The molecule has 3 unspecified atom stereocenters. The van der Waals surface area contributed by atoms with E-state index in [0.717, 1.165) is 17.4 Å². The first kappa shape index (κ1) is 16.6. The van der Waals surface area contributed by atoms with Crippen LogP contribution in [0.25, 0.3) is 0 Å². The molecule has 0 spiro atoms. The maximum Gasteiger partial charge on any atom is 0.124 e. The first-order chi connectivity index (χ1) is 11.2. The molecule has 1 aromatic carbocycles. The minimum absolute atomic E-state index is 0.501. The van der Waals surface area contributed by atoms with Crippen LogP contribution < -0.4 is 14.8 Å². The summed E-state index contributed by atoms with van der Waals surface area (Å²) in [6, 6.07) is 6.78. The van der Waals surface area contributed by atoms with Crippen LogP contribution in [0.15, 0.2) is 18.2 Å². The molecule has 0 amide bonds. The fraction of sp³-hybridized carbons (Fsp3) is 0.667. The number of hydrogen-bond donors (Lipinski definition) is 2. The molecule has 2 fully saturated rings. The Hall–Kier alpha value is -1.30. The minimum atomic E-state index is -0.596. The van der Waals surface area contributed by atoms with Gasteiger partial charge in [0.05, 0.1) is 20.3 Å². The average Bonchev–Trinajstić information content (AvgIpc) is 3.06. The topological polar surface area (TPSA) is 54.0 Å². The number of aliphatic hydroxyl groups is 1. The Morgan fingerprint density at radius 1 is 1.26 bits per heavy atom. The third-order valence-electron chi connectivity index (χ3n) is 5.22. The normalized spacial score (nSPS) is 25.9. The van der Waals surface area contributed by atoms with Crippen LogP contribution in [0.3, 0.4) is 0 Å². The highest BCUT2D eigenvalue weighted by Gasteiger charge is 2.31. The third kappa shape index (κ3) is 3.79. The summed E-state index contributed by atoms with van der Waals surface area (Å²) in [5.41, 5.74) is 0.776. The molecule has 0 radical (unpaired) electrons. The number of rotatable bonds is 6. The Kier molecular flexibility index (Phi) is 5.41. The van der Waals surface area contributed by atoms with Crippen LogP contribution in [0.5, 0.6) is 11.5 Å². The molecule has 0 bridgehead atoms. The van der Waals surface area contributed by atoms with E-state index < -0.39 is 6.10 Å². The number of nitrogens with zero attached hydrogens (tertiary/aromatic N) is 1. The van der Waals surface area contributed by atoms with Crippen molar-refractivity contribution in [2.75, 3.05) is 33.9 Å². The maximum atomic E-state index is 10.6. The average molecular weight is 320 g/mol. The van der Waals surface area contributed by atoms with Gasteiger partial charge in [0, 0.05) is 24.2 Å². The summed E-state index contributed by atoms with van der Waals surface area (Å²) >= 11 is 0. The smallest absolute Gasteiger partial charge is 0.124 e. The highest BCUT2D eigenvalue weighted by Crippen LogP contribution is 2.30. The maximum absolute atomic E-state index is 10.6. The number of nitrogens with one attached hydrogen (secondary N) is 1. The fourth-order valence-corrected chi connectivity index (χ4v) is 3.90. The van der Waals surface area contributed by atoms with Gasteiger partial charge < -0.3 is 24.8 Å². The number of benzene rings is 1. The van der Waals surface area contributed by atoms with Crippen molar-refractivity contribution in [3.63, 3.8) is 0 Å². The molecule has 2 heterocycles. The zero-order valence-electron chi connectivity index (χ0n) is 14.1. The van der Waals surface area contributed by atoms with Gasteiger partial charge in [-0.25, -0.2) is 0 Å². The zero-order valence-corrected chi connectivity index (χ0v) is 14.1. The first-order valence-corrected chi connectivity index (χ1v) is 8.58. The van der Waals surface area contributed by atoms with E-state index in [1.165, 1.54) is 38.8 Å². The molecule has 5 nitrogen and oxygen atoms in total. The SMILES string of the molecule is COc1ccc(OC)c(C(O)CNC2CCN3CCCC3C2)c1. The Balaban J connectivity index is 1.57. The molecule has 5 heteroatoms. The van der Waals surface area contributed by atoms with Crippen molar-refractivity contribution >= 4 is 0 Å². The van der Waals surface area contributed by atoms with Gasteiger partial charge in [0.25, 0.3) is 0 Å². The number of fused-ring (bicyclic) bond motifs is 1. The van der Waals surface area contributed by atoms with E-state index in [2.05, 4.69) is 10.2 Å². The molecular weight excluding hydrogens is 292 g/mol. The Morgan fingerprint density at radius 3 is 2.91 bits per heavy atom. The van der Waals surface area contributed by atoms with Gasteiger partial charge in [0.1, 0.15) is 11.5 Å². The van der Waals surface area contributed by atoms with Gasteiger partial charge in [-0.2, -0.15) is 0 Å². The van der Waals surface area contributed by atoms with Crippen molar-refractivity contribution in [3.05, 3.63) is 23.8 Å². The van der Waals surface area contributed by atoms with Gasteiger partial charge in [0.2, 0.25) is 0 Å². The quantitative estimate of drug-likeness (QED) is 0.839. The molecule has 128 valence electrons. The van der Waals surface area contributed by atoms with E-state index in [0.29, 0.717) is 18.3 Å². The van der Waals surface area contributed by atoms with Crippen molar-refractivity contribution in [2.24, 2.45) is 0 Å². The van der Waals surface area contributed by atoms with Crippen molar-refractivity contribution in [2.45, 2.75) is 43.9 Å². The molecule has 0 aliphatic carbocycles. The largest absolute Gasteiger partial charge is 0.497 e. The Labute approximate surface area is 138 Å². The summed E-state index contributed by atoms with van der Waals surface area (Å²) in [4.78, 5) is 2.61. The Morgan fingerprint density at radius 2 is 2.13 bits per heavy atom. The highest BCUT2D eigenvalue weighted by atomic mass is 16.5. The molecule has 3 atom stereocenters. The van der Waals surface area contributed by atoms with E-state index in [4.69, 9.17) is 9.47 Å². The standard InChI is InChI=1S/C18H28N2O3/c1-22-15-5-6-18(23-2)16(11-15)17(21)12-19-13-7-9-20-8-3-4-14(20)10-13/h5-6,11,13-14,17,19,21H,3-4,7-10,12H2,1-2H3. The van der Waals surface area contributed by atoms with Crippen molar-refractivity contribution < 1.29 is 14.6 Å². The summed E-state index contributed by atoms with van der Waals surface area (Å²) in [7, 11) is 3.26. The molecule has 2 saturated heterocycles. The van der Waals surface area contributed by atoms with E-state index in [1.807, 2.05) is 18.2 Å². The molecule has 23 heavy (non-hydrogen) atoms. The molecule has 2 N–H and O–H groups in total. The summed E-state index contributed by atoms with van der Waals surface area (Å²) in [5.74, 6) is 1.44. The van der Waals surface area contributed by atoms with Gasteiger partial charge in [0.15, 0.2) is 0 Å². The van der Waals surface area contributed by atoms with Crippen LogP contribution in [-0.4, -0.2) is 55.9 Å². The van der Waals surface area contributed by atoms with Crippen LogP contribution in [0, 0.1) is 0 Å². The summed E-state index contributed by atoms with van der Waals surface area (Å²) in [6.07, 6.45) is 4.42. The molecule has 2 aliphatic heterocycles. The summed E-state index contributed by atoms with van der Waals surface area (Å²) < 4.78 is 10.6. The van der Waals surface area contributed by atoms with Crippen molar-refractivity contribution in [1.82, 2.24) is 10.2 Å². The number of methoxy groups -OCH3 is 2. The molecule has 0 aromatic heterocycles. The van der Waals surface area contributed by atoms with Gasteiger partial charge in [-0.3, -0.25) is 0 Å². The van der Waals surface area contributed by atoms with Crippen molar-refractivity contribution in [1.29, 1.82) is 0 Å². The molecule has 1 aromatic rings. The molecule has 3 rings (SSSR count). The molecule has 2 aliphatic rings. The number of piperidine rings is 1. The lowest BCUT2D eigenvalue weighted by molar-refractivity contribution is 0.136. The lowest BCUT2D eigenvalue weighted by Crippen LogP contribution is -2.46. The van der Waals surface area contributed by atoms with E-state index in [9.17, 15) is 5.11 Å². The van der Waals surface area contributed by atoms with Crippen LogP contribution >= 0.6 is 0 Å². The van der Waals surface area contributed by atoms with Crippen LogP contribution in [0.1, 0.15) is 37.4 Å². The number of aliphatic hydroxyl groups excluding tert-OH is 1. The first-order valence-electron chi connectivity index (χ1n) is 8.58. The third-order valence-corrected chi connectivity index (χ3v) is 5.22. The second-order valence-corrected chi connectivity index (χ2v) is 6.59. The van der Waals surface area contributed by atoms with Gasteiger partial charge in [-0.05, 0) is 57.0 Å². The van der Waals surface area contributed by atoms with E-state index in [1.54, 1.807) is 14.2 Å². The minimum Gasteiger partial charge on any atom is -0.497 e. The lowest BCUT2D eigenvalue weighted by Gasteiger charge is -2.35. The second kappa shape index (κ2) is 7.51. The van der Waals surface area contributed by atoms with E-state index in [-0.39, 0.29) is 0 Å². The van der Waals surface area contributed by atoms with Gasteiger partial charge in [-0.1, -0.05) is 0 Å². The van der Waals surface area contributed by atoms with Gasteiger partial charge >= 0.3 is 0 Å². The lowest BCUT2D eigenvalue weighted by atomic mass is 9.97. The number of hydrogen-bond acceptors (Lipinski definition) is 5.